The van der Waals surface area contributed by atoms with Crippen LogP contribution in [0.5, 0.6) is 0 Å². The number of carbonyl (C=O) groups excluding carboxylic acids is 1. The van der Waals surface area contributed by atoms with Crippen molar-refractivity contribution in [2.24, 2.45) is 39.7 Å². The van der Waals surface area contributed by atoms with Gasteiger partial charge in [-0.05, 0) is 82.2 Å². The summed E-state index contributed by atoms with van der Waals surface area (Å²) in [5.41, 5.74) is 0.137. The first-order valence-electron chi connectivity index (χ1n) is 11.8. The van der Waals surface area contributed by atoms with Crippen LogP contribution in [0.15, 0.2) is 5.16 Å². The number of nitrogens with one attached hydrogen (secondary N) is 1. The van der Waals surface area contributed by atoms with Crippen LogP contribution in [-0.4, -0.2) is 42.4 Å². The number of hydrogen-bond acceptors (Lipinski definition) is 5. The molecule has 0 radical (unpaired) electrons. The summed E-state index contributed by atoms with van der Waals surface area (Å²) in [5.74, 6) is 2.54. The Bertz CT molecular complexity index is 679. The van der Waals surface area contributed by atoms with E-state index in [4.69, 9.17) is 4.84 Å². The normalized spacial score (nSPS) is 48.2. The lowest BCUT2D eigenvalue weighted by atomic mass is 9.41. The molecule has 5 heteroatoms. The summed E-state index contributed by atoms with van der Waals surface area (Å²) in [6.07, 6.45) is 8.22. The van der Waals surface area contributed by atoms with Gasteiger partial charge >= 0.3 is 0 Å². The van der Waals surface area contributed by atoms with E-state index in [9.17, 15) is 9.90 Å². The Kier molecular flexibility index (Phi) is 5.61. The highest BCUT2D eigenvalue weighted by atomic mass is 16.6. The number of hydrogen-bond donors (Lipinski definition) is 2. The number of carbonyl (C=O) groups is 1. The van der Waals surface area contributed by atoms with E-state index in [-0.39, 0.29) is 10.8 Å². The smallest absolute Gasteiger partial charge is 0.139 e. The van der Waals surface area contributed by atoms with Gasteiger partial charge in [0.1, 0.15) is 12.4 Å². The first kappa shape index (κ1) is 21.3. The molecular weight excluding hydrogens is 364 g/mol. The molecule has 0 aromatic rings. The van der Waals surface area contributed by atoms with Gasteiger partial charge in [-0.15, -0.1) is 0 Å². The van der Waals surface area contributed by atoms with Crippen molar-refractivity contribution in [3.8, 4) is 0 Å². The van der Waals surface area contributed by atoms with Crippen LogP contribution in [0.2, 0.25) is 0 Å². The Balaban J connectivity index is 1.52. The zero-order chi connectivity index (χ0) is 20.9. The van der Waals surface area contributed by atoms with Gasteiger partial charge in [0.15, 0.2) is 0 Å². The van der Waals surface area contributed by atoms with Crippen LogP contribution in [0.3, 0.4) is 0 Å². The molecule has 29 heavy (non-hydrogen) atoms. The van der Waals surface area contributed by atoms with Crippen molar-refractivity contribution in [3.05, 3.63) is 0 Å². The Morgan fingerprint density at radius 2 is 2.00 bits per heavy atom. The maximum Gasteiger partial charge on any atom is 0.139 e. The summed E-state index contributed by atoms with van der Waals surface area (Å²) in [6.45, 7) is 8.44. The highest BCUT2D eigenvalue weighted by Crippen LogP contribution is 2.67. The van der Waals surface area contributed by atoms with Gasteiger partial charge in [0, 0.05) is 23.7 Å². The number of Topliss-reactive ketones (excluding diaryl/α,β-unsaturated/α-hetero) is 1. The van der Waals surface area contributed by atoms with Crippen molar-refractivity contribution in [1.82, 2.24) is 5.32 Å². The maximum absolute atomic E-state index is 12.7. The summed E-state index contributed by atoms with van der Waals surface area (Å²) >= 11 is 0. The third-order valence-corrected chi connectivity index (χ3v) is 9.53. The van der Waals surface area contributed by atoms with Crippen LogP contribution < -0.4 is 5.32 Å². The van der Waals surface area contributed by atoms with E-state index >= 15 is 0 Å². The molecule has 0 bridgehead atoms. The standard InChI is InChI=1S/C24H40N2O3/c1-16-14-24(28)15-17(26-29-13-5-12-25-4)8-11-23(24,3)19-9-10-22(2)18(21(16)19)6-7-20(22)27/h16,18-19,21,25,28H,5-15H2,1-4H3/b26-17-/t16-,18+,19+,21+,22+,23-,24-/m1/s1. The van der Waals surface area contributed by atoms with Crippen molar-refractivity contribution in [1.29, 1.82) is 0 Å². The minimum absolute atomic E-state index is 0.0811. The van der Waals surface area contributed by atoms with E-state index in [1.165, 1.54) is 0 Å². The molecule has 7 atom stereocenters. The fourth-order valence-electron chi connectivity index (χ4n) is 7.80. The number of oxime groups is 1. The number of rotatable bonds is 5. The quantitative estimate of drug-likeness (QED) is 0.538. The van der Waals surface area contributed by atoms with Crippen molar-refractivity contribution < 1.29 is 14.7 Å². The highest BCUT2D eigenvalue weighted by molar-refractivity contribution is 5.87. The molecule has 0 amide bonds. The van der Waals surface area contributed by atoms with Crippen LogP contribution >= 0.6 is 0 Å². The molecule has 0 aliphatic heterocycles. The molecule has 0 aromatic heterocycles. The lowest BCUT2D eigenvalue weighted by Gasteiger charge is -2.64. The van der Waals surface area contributed by atoms with Gasteiger partial charge in [-0.25, -0.2) is 0 Å². The second-order valence-corrected chi connectivity index (χ2v) is 11.0. The monoisotopic (exact) mass is 404 g/mol. The molecule has 4 rings (SSSR count). The third kappa shape index (κ3) is 3.27. The SMILES string of the molecule is CNCCCO/N=C1/CC[C@]2(C)[C@H]3CC[C@]4(C)C(=O)CC[C@H]4[C@@H]3[C@H](C)C[C@@]2(O)C1. The van der Waals surface area contributed by atoms with Gasteiger partial charge in [-0.2, -0.15) is 0 Å². The minimum atomic E-state index is -0.699. The Hall–Kier alpha value is -0.940. The Morgan fingerprint density at radius 3 is 2.76 bits per heavy atom. The van der Waals surface area contributed by atoms with Gasteiger partial charge in [-0.3, -0.25) is 4.79 Å². The second-order valence-electron chi connectivity index (χ2n) is 11.0. The number of aliphatic hydroxyl groups is 1. The first-order chi connectivity index (χ1) is 13.7. The van der Waals surface area contributed by atoms with E-state index in [0.717, 1.165) is 63.6 Å². The first-order valence-corrected chi connectivity index (χ1v) is 11.8. The van der Waals surface area contributed by atoms with E-state index < -0.39 is 5.60 Å². The van der Waals surface area contributed by atoms with Crippen LogP contribution in [0, 0.1) is 34.5 Å². The predicted octanol–water partition coefficient (Wildman–Crippen LogP) is 3.94. The zero-order valence-electron chi connectivity index (χ0n) is 18.8. The van der Waals surface area contributed by atoms with Gasteiger partial charge in [0.25, 0.3) is 0 Å². The molecule has 5 nitrogen and oxygen atoms in total. The van der Waals surface area contributed by atoms with E-state index in [2.05, 4.69) is 31.2 Å². The van der Waals surface area contributed by atoms with Gasteiger partial charge in [0.05, 0.1) is 11.3 Å². The molecule has 0 spiro atoms. The minimum Gasteiger partial charge on any atom is -0.396 e. The molecule has 2 N–H and O–H groups in total. The summed E-state index contributed by atoms with van der Waals surface area (Å²) < 4.78 is 0. The molecule has 0 saturated heterocycles. The fraction of sp³-hybridized carbons (Fsp3) is 0.917. The van der Waals surface area contributed by atoms with Crippen LogP contribution in [0.1, 0.15) is 78.6 Å². The average molecular weight is 405 g/mol. The predicted molar refractivity (Wildman–Crippen MR) is 115 cm³/mol. The summed E-state index contributed by atoms with van der Waals surface area (Å²) in [4.78, 5) is 18.2. The molecular formula is C24H40N2O3. The molecule has 4 fully saturated rings. The number of fused-ring (bicyclic) bond motifs is 5. The summed E-state index contributed by atoms with van der Waals surface area (Å²) in [7, 11) is 1.94. The van der Waals surface area contributed by atoms with Crippen molar-refractivity contribution in [3.63, 3.8) is 0 Å². The fourth-order valence-corrected chi connectivity index (χ4v) is 7.80. The Morgan fingerprint density at radius 1 is 1.21 bits per heavy atom. The van der Waals surface area contributed by atoms with Crippen molar-refractivity contribution in [2.45, 2.75) is 84.2 Å². The van der Waals surface area contributed by atoms with Gasteiger partial charge < -0.3 is 15.3 Å². The lowest BCUT2D eigenvalue weighted by molar-refractivity contribution is -0.206. The average Bonchev–Trinajstić information content (AvgIpc) is 2.98. The molecule has 4 aliphatic carbocycles. The molecule has 0 heterocycles. The second kappa shape index (κ2) is 7.64. The van der Waals surface area contributed by atoms with Crippen molar-refractivity contribution >= 4 is 11.5 Å². The topological polar surface area (TPSA) is 70.9 Å². The van der Waals surface area contributed by atoms with Crippen LogP contribution in [0.4, 0.5) is 0 Å². The van der Waals surface area contributed by atoms with Crippen molar-refractivity contribution in [2.75, 3.05) is 20.2 Å². The zero-order valence-corrected chi connectivity index (χ0v) is 18.8. The van der Waals surface area contributed by atoms with Gasteiger partial charge in [-0.1, -0.05) is 25.9 Å². The van der Waals surface area contributed by atoms with E-state index in [0.29, 0.717) is 42.5 Å². The van der Waals surface area contributed by atoms with Crippen LogP contribution in [0.25, 0.3) is 0 Å². The number of nitrogens with zero attached hydrogens (tertiary/aromatic N) is 1. The molecule has 4 saturated carbocycles. The Labute approximate surface area is 176 Å². The molecule has 4 aliphatic rings. The third-order valence-electron chi connectivity index (χ3n) is 9.53. The largest absolute Gasteiger partial charge is 0.396 e. The van der Waals surface area contributed by atoms with E-state index in [1.54, 1.807) is 0 Å². The summed E-state index contributed by atoms with van der Waals surface area (Å²) in [5, 5.41) is 19.4. The van der Waals surface area contributed by atoms with Crippen LogP contribution in [-0.2, 0) is 9.63 Å². The van der Waals surface area contributed by atoms with Gasteiger partial charge in [0.2, 0.25) is 0 Å². The lowest BCUT2D eigenvalue weighted by Crippen LogP contribution is -2.64. The summed E-state index contributed by atoms with van der Waals surface area (Å²) in [6, 6.07) is 0. The van der Waals surface area contributed by atoms with E-state index in [1.807, 2.05) is 7.05 Å². The number of ketones is 1. The molecule has 164 valence electrons. The maximum atomic E-state index is 12.7. The molecule has 0 aromatic carbocycles. The highest BCUT2D eigenvalue weighted by Gasteiger charge is 2.66. The molecule has 0 unspecified atom stereocenters.